The van der Waals surface area contributed by atoms with Gasteiger partial charge in [0.2, 0.25) is 0 Å². The molecule has 2 heterocycles. The number of hydrogen-bond acceptors (Lipinski definition) is 4. The number of anilines is 1. The summed E-state index contributed by atoms with van der Waals surface area (Å²) in [6.07, 6.45) is 4.77. The van der Waals surface area contributed by atoms with Gasteiger partial charge < -0.3 is 19.1 Å². The highest BCUT2D eigenvalue weighted by molar-refractivity contribution is 6.06. The third kappa shape index (κ3) is 4.11. The van der Waals surface area contributed by atoms with Crippen LogP contribution >= 0.6 is 0 Å². The molecule has 1 spiro atoms. The molecule has 3 aromatic rings. The molecular formula is C28H31NO4. The lowest BCUT2D eigenvalue weighted by Crippen LogP contribution is -2.47. The van der Waals surface area contributed by atoms with Crippen molar-refractivity contribution >= 4 is 22.4 Å². The summed E-state index contributed by atoms with van der Waals surface area (Å²) in [4.78, 5) is 15.4. The van der Waals surface area contributed by atoms with Gasteiger partial charge in [-0.25, -0.2) is 0 Å². The zero-order valence-electron chi connectivity index (χ0n) is 19.2. The lowest BCUT2D eigenvalue weighted by Gasteiger charge is -2.32. The Morgan fingerprint density at radius 1 is 1.00 bits per heavy atom. The number of benzene rings is 3. The molecule has 0 atom stereocenters. The maximum absolute atomic E-state index is 13.5. The van der Waals surface area contributed by atoms with Crippen molar-refractivity contribution in [2.75, 3.05) is 31.3 Å². The summed E-state index contributed by atoms with van der Waals surface area (Å²) in [7, 11) is 0. The summed E-state index contributed by atoms with van der Waals surface area (Å²) in [6.45, 7) is 4.33. The summed E-state index contributed by atoms with van der Waals surface area (Å²) in [5, 5.41) is 2.26. The van der Waals surface area contributed by atoms with Crippen molar-refractivity contribution in [2.24, 2.45) is 0 Å². The molecule has 0 bridgehead atoms. The molecule has 5 heteroatoms. The van der Waals surface area contributed by atoms with E-state index >= 15 is 0 Å². The molecule has 2 aliphatic heterocycles. The fourth-order valence-electron chi connectivity index (χ4n) is 4.78. The van der Waals surface area contributed by atoms with E-state index in [1.165, 1.54) is 5.56 Å². The molecule has 33 heavy (non-hydrogen) atoms. The van der Waals surface area contributed by atoms with Crippen LogP contribution in [0.25, 0.3) is 10.8 Å². The predicted molar refractivity (Wildman–Crippen MR) is 130 cm³/mol. The van der Waals surface area contributed by atoms with E-state index in [0.717, 1.165) is 53.5 Å². The number of amides is 1. The molecule has 5 nitrogen and oxygen atoms in total. The van der Waals surface area contributed by atoms with Gasteiger partial charge in [-0.1, -0.05) is 55.8 Å². The van der Waals surface area contributed by atoms with E-state index in [0.29, 0.717) is 32.8 Å². The van der Waals surface area contributed by atoms with E-state index in [2.05, 4.69) is 43.3 Å². The highest BCUT2D eigenvalue weighted by Gasteiger charge is 2.54. The van der Waals surface area contributed by atoms with E-state index in [4.69, 9.17) is 14.2 Å². The molecule has 1 saturated heterocycles. The lowest BCUT2D eigenvalue weighted by molar-refractivity contribution is -0.256. The third-order valence-corrected chi connectivity index (χ3v) is 6.48. The van der Waals surface area contributed by atoms with E-state index in [9.17, 15) is 4.79 Å². The normalized spacial score (nSPS) is 17.0. The Labute approximate surface area is 195 Å². The van der Waals surface area contributed by atoms with Crippen LogP contribution in [0.5, 0.6) is 5.75 Å². The molecule has 3 aromatic carbocycles. The number of nitrogens with zero attached hydrogens (tertiary/aromatic N) is 1. The Hall–Kier alpha value is -2.89. The Bertz CT molecular complexity index is 1130. The van der Waals surface area contributed by atoms with Crippen molar-refractivity contribution in [3.63, 3.8) is 0 Å². The summed E-state index contributed by atoms with van der Waals surface area (Å²) in [6, 6.07) is 20.6. The minimum Gasteiger partial charge on any atom is -0.493 e. The lowest BCUT2D eigenvalue weighted by atomic mass is 10.00. The van der Waals surface area contributed by atoms with Crippen LogP contribution in [0.3, 0.4) is 0 Å². The number of carbonyl (C=O) groups excluding carboxylic acids is 1. The molecule has 0 unspecified atom stereocenters. The Morgan fingerprint density at radius 2 is 1.82 bits per heavy atom. The van der Waals surface area contributed by atoms with Crippen molar-refractivity contribution in [1.29, 1.82) is 0 Å². The molecule has 1 amide bonds. The second-order valence-electron chi connectivity index (χ2n) is 8.76. The first-order chi connectivity index (χ1) is 16.2. The van der Waals surface area contributed by atoms with Gasteiger partial charge in [0.05, 0.1) is 25.5 Å². The summed E-state index contributed by atoms with van der Waals surface area (Å²) in [5.41, 5.74) is 2.98. The van der Waals surface area contributed by atoms with Crippen LogP contribution in [-0.2, 0) is 26.5 Å². The van der Waals surface area contributed by atoms with Gasteiger partial charge in [-0.3, -0.25) is 4.79 Å². The number of fused-ring (bicyclic) bond motifs is 3. The monoisotopic (exact) mass is 445 g/mol. The van der Waals surface area contributed by atoms with Crippen LogP contribution in [0.4, 0.5) is 5.69 Å². The second-order valence-corrected chi connectivity index (χ2v) is 8.76. The van der Waals surface area contributed by atoms with Crippen molar-refractivity contribution in [1.82, 2.24) is 0 Å². The summed E-state index contributed by atoms with van der Waals surface area (Å²) >= 11 is 0. The van der Waals surface area contributed by atoms with Gasteiger partial charge in [-0.15, -0.1) is 0 Å². The molecule has 1 fully saturated rings. The molecule has 172 valence electrons. The van der Waals surface area contributed by atoms with E-state index < -0.39 is 5.79 Å². The molecule has 0 saturated carbocycles. The predicted octanol–water partition coefficient (Wildman–Crippen LogP) is 5.59. The van der Waals surface area contributed by atoms with Gasteiger partial charge in [0.25, 0.3) is 11.7 Å². The van der Waals surface area contributed by atoms with Gasteiger partial charge in [0.1, 0.15) is 5.75 Å². The Morgan fingerprint density at radius 3 is 2.67 bits per heavy atom. The standard InChI is InChI=1S/C28H31NO4/c1-2-3-9-21-14-15-25-24(20-21)28(32-18-8-19-33-28)27(30)29(25)16-7-17-31-26-13-6-11-22-10-4-5-12-23(22)26/h4-6,10-15,20H,2-3,7-9,16-19H2,1H3. The van der Waals surface area contributed by atoms with Gasteiger partial charge in [0.15, 0.2) is 0 Å². The first-order valence-electron chi connectivity index (χ1n) is 12.1. The first-order valence-corrected chi connectivity index (χ1v) is 12.1. The fraction of sp³-hybridized carbons (Fsp3) is 0.393. The highest BCUT2D eigenvalue weighted by Crippen LogP contribution is 2.45. The minimum atomic E-state index is -1.29. The summed E-state index contributed by atoms with van der Waals surface area (Å²) in [5.74, 6) is -0.529. The maximum Gasteiger partial charge on any atom is 0.292 e. The van der Waals surface area contributed by atoms with Crippen molar-refractivity contribution in [3.8, 4) is 5.75 Å². The smallest absolute Gasteiger partial charge is 0.292 e. The molecular weight excluding hydrogens is 414 g/mol. The number of hydrogen-bond donors (Lipinski definition) is 0. The zero-order valence-corrected chi connectivity index (χ0v) is 19.2. The van der Waals surface area contributed by atoms with Gasteiger partial charge in [-0.05, 0) is 54.8 Å². The van der Waals surface area contributed by atoms with Crippen LogP contribution in [0.1, 0.15) is 43.7 Å². The van der Waals surface area contributed by atoms with E-state index in [1.54, 1.807) is 0 Å². The quantitative estimate of drug-likeness (QED) is 0.424. The van der Waals surface area contributed by atoms with Crippen LogP contribution < -0.4 is 9.64 Å². The van der Waals surface area contributed by atoms with Crippen molar-refractivity contribution in [2.45, 2.75) is 44.8 Å². The van der Waals surface area contributed by atoms with Crippen molar-refractivity contribution in [3.05, 3.63) is 71.8 Å². The topological polar surface area (TPSA) is 48.0 Å². The third-order valence-electron chi connectivity index (χ3n) is 6.48. The molecule has 0 radical (unpaired) electrons. The van der Waals surface area contributed by atoms with E-state index in [1.807, 2.05) is 29.2 Å². The van der Waals surface area contributed by atoms with E-state index in [-0.39, 0.29) is 5.91 Å². The minimum absolute atomic E-state index is 0.116. The van der Waals surface area contributed by atoms with Gasteiger partial charge >= 0.3 is 0 Å². The van der Waals surface area contributed by atoms with Crippen LogP contribution in [-0.4, -0.2) is 32.3 Å². The first kappa shape index (κ1) is 21.9. The van der Waals surface area contributed by atoms with Crippen LogP contribution in [0.15, 0.2) is 60.7 Å². The molecule has 0 aliphatic carbocycles. The number of ether oxygens (including phenoxy) is 3. The average molecular weight is 446 g/mol. The molecule has 2 aliphatic rings. The van der Waals surface area contributed by atoms with Crippen molar-refractivity contribution < 1.29 is 19.0 Å². The largest absolute Gasteiger partial charge is 0.493 e. The zero-order chi connectivity index (χ0) is 22.7. The van der Waals surface area contributed by atoms with Crippen LogP contribution in [0, 0.1) is 0 Å². The Kier molecular flexibility index (Phi) is 6.34. The number of rotatable bonds is 8. The second kappa shape index (κ2) is 9.54. The SMILES string of the molecule is CCCCc1ccc2c(c1)C1(OCCCO1)C(=O)N2CCCOc1cccc2ccccc12. The fourth-order valence-corrected chi connectivity index (χ4v) is 4.78. The summed E-state index contributed by atoms with van der Waals surface area (Å²) < 4.78 is 18.2. The molecule has 0 N–H and O–H groups in total. The van der Waals surface area contributed by atoms with Gasteiger partial charge in [0, 0.05) is 17.5 Å². The number of unbranched alkanes of at least 4 members (excludes halogenated alkanes) is 1. The van der Waals surface area contributed by atoms with Crippen LogP contribution in [0.2, 0.25) is 0 Å². The average Bonchev–Trinajstić information content (AvgIpc) is 3.08. The highest BCUT2D eigenvalue weighted by atomic mass is 16.7. The number of aryl methyl sites for hydroxylation is 1. The number of carbonyl (C=O) groups is 1. The molecule has 0 aromatic heterocycles. The Balaban J connectivity index is 1.31. The maximum atomic E-state index is 13.5. The molecule has 5 rings (SSSR count). The van der Waals surface area contributed by atoms with Gasteiger partial charge in [-0.2, -0.15) is 0 Å².